The summed E-state index contributed by atoms with van der Waals surface area (Å²) in [5.41, 5.74) is 3.83. The number of likely N-dealkylation sites (tertiary alicyclic amines) is 1. The Labute approximate surface area is 181 Å². The molecule has 0 aliphatic carbocycles. The van der Waals surface area contributed by atoms with E-state index in [0.29, 0.717) is 19.2 Å². The minimum Gasteiger partial charge on any atom is -0.377 e. The molecule has 1 saturated heterocycles. The molecule has 1 aliphatic rings. The Kier molecular flexibility index (Phi) is 9.19. The second-order valence-electron chi connectivity index (χ2n) is 7.78. The summed E-state index contributed by atoms with van der Waals surface area (Å²) in [7, 11) is 0. The zero-order valence-electron chi connectivity index (χ0n) is 18.4. The first-order chi connectivity index (χ1) is 14.8. The standard InChI is InChI=1S/C25H36N4O/c1-3-26-25(27-18-22-12-8-9-13-23(22)20-30-4-2)28-24-14-16-29(17-15-24)19-21-10-6-5-7-11-21/h5-13,24H,3-4,14-20H2,1-2H3,(H2,26,27,28). The fourth-order valence-corrected chi connectivity index (χ4v) is 3.82. The molecule has 0 bridgehead atoms. The van der Waals surface area contributed by atoms with E-state index in [0.717, 1.165) is 51.6 Å². The Morgan fingerprint density at radius 1 is 1.00 bits per heavy atom. The molecule has 0 saturated carbocycles. The maximum absolute atomic E-state index is 5.60. The number of aliphatic imine (C=N–C) groups is 1. The number of guanidine groups is 1. The smallest absolute Gasteiger partial charge is 0.191 e. The fraction of sp³-hybridized carbons (Fsp3) is 0.480. The van der Waals surface area contributed by atoms with Gasteiger partial charge in [0.2, 0.25) is 0 Å². The van der Waals surface area contributed by atoms with Gasteiger partial charge in [0.25, 0.3) is 0 Å². The molecule has 2 aromatic carbocycles. The molecule has 2 N–H and O–H groups in total. The molecule has 0 spiro atoms. The average molecular weight is 409 g/mol. The third-order valence-corrected chi connectivity index (χ3v) is 5.51. The number of hydrogen-bond donors (Lipinski definition) is 2. The van der Waals surface area contributed by atoms with Crippen molar-refractivity contribution >= 4 is 5.96 Å². The zero-order chi connectivity index (χ0) is 21.0. The first kappa shape index (κ1) is 22.3. The number of ether oxygens (including phenoxy) is 1. The molecular weight excluding hydrogens is 372 g/mol. The minimum atomic E-state index is 0.466. The van der Waals surface area contributed by atoms with Crippen LogP contribution in [0.3, 0.4) is 0 Å². The molecule has 162 valence electrons. The third kappa shape index (κ3) is 7.15. The summed E-state index contributed by atoms with van der Waals surface area (Å²) in [5, 5.41) is 7.06. The molecule has 0 aromatic heterocycles. The summed E-state index contributed by atoms with van der Waals surface area (Å²) < 4.78 is 5.60. The van der Waals surface area contributed by atoms with Crippen LogP contribution in [0.25, 0.3) is 0 Å². The van der Waals surface area contributed by atoms with Gasteiger partial charge in [-0.3, -0.25) is 4.90 Å². The molecule has 30 heavy (non-hydrogen) atoms. The van der Waals surface area contributed by atoms with Crippen molar-refractivity contribution < 1.29 is 4.74 Å². The van der Waals surface area contributed by atoms with Crippen molar-refractivity contribution in [2.45, 2.75) is 52.4 Å². The van der Waals surface area contributed by atoms with Gasteiger partial charge in [-0.25, -0.2) is 4.99 Å². The first-order valence-electron chi connectivity index (χ1n) is 11.2. The maximum Gasteiger partial charge on any atom is 0.191 e. The van der Waals surface area contributed by atoms with E-state index in [1.54, 1.807) is 0 Å². The molecule has 0 unspecified atom stereocenters. The highest BCUT2D eigenvalue weighted by atomic mass is 16.5. The Balaban J connectivity index is 1.52. The van der Waals surface area contributed by atoms with E-state index in [2.05, 4.69) is 77.1 Å². The number of benzene rings is 2. The van der Waals surface area contributed by atoms with Crippen LogP contribution in [-0.2, 0) is 24.4 Å². The summed E-state index contributed by atoms with van der Waals surface area (Å²) in [5.74, 6) is 0.908. The van der Waals surface area contributed by atoms with Gasteiger partial charge in [0.15, 0.2) is 5.96 Å². The summed E-state index contributed by atoms with van der Waals surface area (Å²) >= 11 is 0. The third-order valence-electron chi connectivity index (χ3n) is 5.51. The van der Waals surface area contributed by atoms with Gasteiger partial charge in [-0.2, -0.15) is 0 Å². The predicted molar refractivity (Wildman–Crippen MR) is 124 cm³/mol. The van der Waals surface area contributed by atoms with Gasteiger partial charge in [-0.05, 0) is 43.4 Å². The lowest BCUT2D eigenvalue weighted by atomic mass is 10.0. The van der Waals surface area contributed by atoms with E-state index in [-0.39, 0.29) is 0 Å². The average Bonchev–Trinajstić information content (AvgIpc) is 2.79. The van der Waals surface area contributed by atoms with Crippen LogP contribution in [0.1, 0.15) is 43.4 Å². The summed E-state index contributed by atoms with van der Waals surface area (Å²) in [4.78, 5) is 7.40. The maximum atomic E-state index is 5.60. The molecule has 0 amide bonds. The van der Waals surface area contributed by atoms with E-state index >= 15 is 0 Å². The molecular formula is C25H36N4O. The van der Waals surface area contributed by atoms with Gasteiger partial charge in [0.05, 0.1) is 13.2 Å². The van der Waals surface area contributed by atoms with Gasteiger partial charge in [-0.1, -0.05) is 54.6 Å². The highest BCUT2D eigenvalue weighted by Crippen LogP contribution is 2.15. The second-order valence-corrected chi connectivity index (χ2v) is 7.78. The largest absolute Gasteiger partial charge is 0.377 e. The molecule has 1 fully saturated rings. The van der Waals surface area contributed by atoms with E-state index in [9.17, 15) is 0 Å². The molecule has 5 nitrogen and oxygen atoms in total. The van der Waals surface area contributed by atoms with Crippen LogP contribution in [0.5, 0.6) is 0 Å². The first-order valence-corrected chi connectivity index (χ1v) is 11.2. The second kappa shape index (κ2) is 12.4. The lowest BCUT2D eigenvalue weighted by molar-refractivity contribution is 0.133. The fourth-order valence-electron chi connectivity index (χ4n) is 3.82. The van der Waals surface area contributed by atoms with Crippen LogP contribution in [-0.4, -0.2) is 43.1 Å². The zero-order valence-corrected chi connectivity index (χ0v) is 18.4. The number of hydrogen-bond acceptors (Lipinski definition) is 3. The van der Waals surface area contributed by atoms with Crippen molar-refractivity contribution in [2.24, 2.45) is 4.99 Å². The van der Waals surface area contributed by atoms with Crippen molar-refractivity contribution in [3.8, 4) is 0 Å². The highest BCUT2D eigenvalue weighted by Gasteiger charge is 2.20. The molecule has 5 heteroatoms. The Morgan fingerprint density at radius 3 is 2.40 bits per heavy atom. The van der Waals surface area contributed by atoms with Crippen LogP contribution in [0.15, 0.2) is 59.6 Å². The quantitative estimate of drug-likeness (QED) is 0.487. The predicted octanol–water partition coefficient (Wildman–Crippen LogP) is 3.94. The summed E-state index contributed by atoms with van der Waals surface area (Å²) in [6.07, 6.45) is 2.27. The molecule has 0 atom stereocenters. The van der Waals surface area contributed by atoms with Crippen LogP contribution in [0.2, 0.25) is 0 Å². The van der Waals surface area contributed by atoms with E-state index in [4.69, 9.17) is 9.73 Å². The van der Waals surface area contributed by atoms with E-state index in [1.165, 1.54) is 16.7 Å². The lowest BCUT2D eigenvalue weighted by Gasteiger charge is -2.33. The number of piperidine rings is 1. The van der Waals surface area contributed by atoms with Crippen LogP contribution < -0.4 is 10.6 Å². The van der Waals surface area contributed by atoms with Crippen molar-refractivity contribution in [1.29, 1.82) is 0 Å². The SMILES string of the molecule is CCNC(=NCc1ccccc1COCC)NC1CCN(Cc2ccccc2)CC1. The van der Waals surface area contributed by atoms with Crippen molar-refractivity contribution in [1.82, 2.24) is 15.5 Å². The van der Waals surface area contributed by atoms with Gasteiger partial charge in [0, 0.05) is 38.8 Å². The number of nitrogens with one attached hydrogen (secondary N) is 2. The number of nitrogens with zero attached hydrogens (tertiary/aromatic N) is 2. The normalized spacial score (nSPS) is 15.9. The Hall–Kier alpha value is -2.37. The molecule has 3 rings (SSSR count). The van der Waals surface area contributed by atoms with E-state index < -0.39 is 0 Å². The number of rotatable bonds is 9. The van der Waals surface area contributed by atoms with Crippen LogP contribution in [0, 0.1) is 0 Å². The summed E-state index contributed by atoms with van der Waals surface area (Å²) in [6.45, 7) is 10.3. The summed E-state index contributed by atoms with van der Waals surface area (Å²) in [6, 6.07) is 19.6. The van der Waals surface area contributed by atoms with E-state index in [1.807, 2.05) is 6.92 Å². The van der Waals surface area contributed by atoms with Crippen molar-refractivity contribution in [2.75, 3.05) is 26.2 Å². The molecule has 1 aliphatic heterocycles. The van der Waals surface area contributed by atoms with Gasteiger partial charge >= 0.3 is 0 Å². The molecule has 0 radical (unpaired) electrons. The highest BCUT2D eigenvalue weighted by molar-refractivity contribution is 5.80. The molecule has 1 heterocycles. The van der Waals surface area contributed by atoms with Gasteiger partial charge < -0.3 is 15.4 Å². The molecule has 2 aromatic rings. The van der Waals surface area contributed by atoms with Crippen molar-refractivity contribution in [3.63, 3.8) is 0 Å². The van der Waals surface area contributed by atoms with Crippen LogP contribution in [0.4, 0.5) is 0 Å². The van der Waals surface area contributed by atoms with Crippen molar-refractivity contribution in [3.05, 3.63) is 71.3 Å². The van der Waals surface area contributed by atoms with Gasteiger partial charge in [-0.15, -0.1) is 0 Å². The Bertz CT molecular complexity index is 770. The minimum absolute atomic E-state index is 0.466. The lowest BCUT2D eigenvalue weighted by Crippen LogP contribution is -2.48. The Morgan fingerprint density at radius 2 is 1.70 bits per heavy atom. The van der Waals surface area contributed by atoms with Crippen LogP contribution >= 0.6 is 0 Å². The topological polar surface area (TPSA) is 48.9 Å². The monoisotopic (exact) mass is 408 g/mol. The van der Waals surface area contributed by atoms with Gasteiger partial charge in [0.1, 0.15) is 0 Å².